The summed E-state index contributed by atoms with van der Waals surface area (Å²) in [6.45, 7) is 6.87. The van der Waals surface area contributed by atoms with Gasteiger partial charge in [0.1, 0.15) is 6.10 Å². The smallest absolute Gasteiger partial charge is 0.407 e. The Hall–Kier alpha value is -0.770. The third kappa shape index (κ3) is 6.12. The van der Waals surface area contributed by atoms with Gasteiger partial charge in [-0.2, -0.15) is 0 Å². The minimum atomic E-state index is -0.288. The van der Waals surface area contributed by atoms with Crippen LogP contribution in [0.2, 0.25) is 0 Å². The lowest BCUT2D eigenvalue weighted by Crippen LogP contribution is -2.42. The minimum absolute atomic E-state index is 0.0967. The zero-order valence-corrected chi connectivity index (χ0v) is 13.5. The van der Waals surface area contributed by atoms with Crippen LogP contribution in [0.15, 0.2) is 0 Å². The monoisotopic (exact) mass is 284 g/mol. The van der Waals surface area contributed by atoms with Crippen LogP contribution in [0.4, 0.5) is 4.79 Å². The maximum Gasteiger partial charge on any atom is 0.407 e. The third-order valence-electron chi connectivity index (χ3n) is 4.19. The molecule has 0 aliphatic heterocycles. The molecule has 2 atom stereocenters. The molecule has 4 nitrogen and oxygen atoms in total. The molecule has 0 saturated heterocycles. The van der Waals surface area contributed by atoms with Gasteiger partial charge in [0, 0.05) is 19.5 Å². The van der Waals surface area contributed by atoms with Crippen LogP contribution in [0.25, 0.3) is 0 Å². The molecule has 118 valence electrons. The highest BCUT2D eigenvalue weighted by Gasteiger charge is 2.28. The maximum absolute atomic E-state index is 11.4. The van der Waals surface area contributed by atoms with Gasteiger partial charge in [-0.1, -0.05) is 26.7 Å². The number of carbonyl (C=O) groups excluding carboxylic acids is 1. The highest BCUT2D eigenvalue weighted by molar-refractivity contribution is 5.66. The Labute approximate surface area is 124 Å². The molecule has 1 N–H and O–H groups in total. The second-order valence-electron chi connectivity index (χ2n) is 5.84. The highest BCUT2D eigenvalue weighted by Crippen LogP contribution is 2.26. The first-order valence-electron chi connectivity index (χ1n) is 8.33. The molecule has 0 heterocycles. The first-order chi connectivity index (χ1) is 9.71. The van der Waals surface area contributed by atoms with Crippen LogP contribution in [0.5, 0.6) is 0 Å². The topological polar surface area (TPSA) is 41.6 Å². The molecule has 1 saturated carbocycles. The molecule has 0 aromatic heterocycles. The van der Waals surface area contributed by atoms with Crippen LogP contribution >= 0.6 is 0 Å². The van der Waals surface area contributed by atoms with E-state index in [0.29, 0.717) is 6.04 Å². The fourth-order valence-corrected chi connectivity index (χ4v) is 2.97. The van der Waals surface area contributed by atoms with Crippen molar-refractivity contribution in [3.05, 3.63) is 0 Å². The summed E-state index contributed by atoms with van der Waals surface area (Å²) in [5, 5.41) is 2.55. The summed E-state index contributed by atoms with van der Waals surface area (Å²) in [6, 6.07) is 0.594. The second kappa shape index (κ2) is 10.0. The number of hydrogen-bond donors (Lipinski definition) is 1. The van der Waals surface area contributed by atoms with Crippen molar-refractivity contribution in [3.8, 4) is 0 Å². The molecule has 0 bridgehead atoms. The molecule has 0 aromatic carbocycles. The van der Waals surface area contributed by atoms with Gasteiger partial charge >= 0.3 is 6.09 Å². The first-order valence-corrected chi connectivity index (χ1v) is 8.33. The van der Waals surface area contributed by atoms with Gasteiger partial charge in [0.25, 0.3) is 0 Å². The quantitative estimate of drug-likeness (QED) is 0.741. The zero-order chi connectivity index (χ0) is 14.8. The van der Waals surface area contributed by atoms with Crippen LogP contribution in [0.1, 0.15) is 65.2 Å². The van der Waals surface area contributed by atoms with Gasteiger partial charge < -0.3 is 15.0 Å². The molecule has 1 amide bonds. The molecule has 1 rings (SSSR count). The van der Waals surface area contributed by atoms with Crippen LogP contribution in [-0.2, 0) is 4.74 Å². The second-order valence-corrected chi connectivity index (χ2v) is 5.84. The largest absolute Gasteiger partial charge is 0.446 e. The van der Waals surface area contributed by atoms with E-state index in [1.165, 1.54) is 51.6 Å². The molecule has 1 aliphatic carbocycles. The molecule has 1 fully saturated rings. The summed E-state index contributed by atoms with van der Waals surface area (Å²) < 4.78 is 5.45. The average Bonchev–Trinajstić information content (AvgIpc) is 2.47. The Kier molecular flexibility index (Phi) is 8.67. The van der Waals surface area contributed by atoms with Crippen molar-refractivity contribution in [2.24, 2.45) is 0 Å². The predicted octanol–water partition coefficient (Wildman–Crippen LogP) is 3.56. The summed E-state index contributed by atoms with van der Waals surface area (Å²) in [5.74, 6) is 0. The van der Waals surface area contributed by atoms with E-state index in [0.717, 1.165) is 12.8 Å². The maximum atomic E-state index is 11.4. The lowest BCUT2D eigenvalue weighted by atomic mass is 9.91. The number of nitrogens with one attached hydrogen (secondary N) is 1. The van der Waals surface area contributed by atoms with E-state index in [9.17, 15) is 4.79 Å². The fraction of sp³-hybridized carbons (Fsp3) is 0.938. The summed E-state index contributed by atoms with van der Waals surface area (Å²) in [4.78, 5) is 14.0. The van der Waals surface area contributed by atoms with Crippen molar-refractivity contribution in [3.63, 3.8) is 0 Å². The van der Waals surface area contributed by atoms with E-state index in [2.05, 4.69) is 24.1 Å². The summed E-state index contributed by atoms with van der Waals surface area (Å²) in [6.07, 6.45) is 9.26. The SMILES string of the molecule is CCCCN(CCCC)[C@H]1CCC[C@@H](OC(=O)NC)C1. The standard InChI is InChI=1S/C16H32N2O2/c1-4-6-11-18(12-7-5-2)14-9-8-10-15(13-14)20-16(19)17-3/h14-15H,4-13H2,1-3H3,(H,17,19)/t14-,15+/m0/s1. The van der Waals surface area contributed by atoms with Crippen LogP contribution in [-0.4, -0.2) is 43.3 Å². The van der Waals surface area contributed by atoms with Crippen molar-refractivity contribution in [2.75, 3.05) is 20.1 Å². The molecular formula is C16H32N2O2. The van der Waals surface area contributed by atoms with Crippen molar-refractivity contribution in [1.82, 2.24) is 10.2 Å². The fourth-order valence-electron chi connectivity index (χ4n) is 2.97. The van der Waals surface area contributed by atoms with Gasteiger partial charge in [-0.05, 0) is 45.2 Å². The molecule has 1 aliphatic rings. The summed E-state index contributed by atoms with van der Waals surface area (Å²) >= 11 is 0. The van der Waals surface area contributed by atoms with Crippen molar-refractivity contribution in [2.45, 2.75) is 77.4 Å². The summed E-state index contributed by atoms with van der Waals surface area (Å²) in [5.41, 5.74) is 0. The lowest BCUT2D eigenvalue weighted by Gasteiger charge is -2.37. The Morgan fingerprint density at radius 3 is 2.40 bits per heavy atom. The summed E-state index contributed by atoms with van der Waals surface area (Å²) in [7, 11) is 1.62. The number of amides is 1. The molecule has 20 heavy (non-hydrogen) atoms. The van der Waals surface area contributed by atoms with Crippen LogP contribution in [0.3, 0.4) is 0 Å². The number of alkyl carbamates (subject to hydrolysis) is 1. The van der Waals surface area contributed by atoms with E-state index in [1.807, 2.05) is 0 Å². The Bertz CT molecular complexity index is 263. The average molecular weight is 284 g/mol. The minimum Gasteiger partial charge on any atom is -0.446 e. The third-order valence-corrected chi connectivity index (χ3v) is 4.19. The van der Waals surface area contributed by atoms with Gasteiger partial charge in [0.2, 0.25) is 0 Å². The van der Waals surface area contributed by atoms with E-state index < -0.39 is 0 Å². The van der Waals surface area contributed by atoms with Crippen LogP contribution in [0, 0.1) is 0 Å². The molecule has 0 unspecified atom stereocenters. The zero-order valence-electron chi connectivity index (χ0n) is 13.5. The van der Waals surface area contributed by atoms with Crippen molar-refractivity contribution >= 4 is 6.09 Å². The molecule has 0 spiro atoms. The highest BCUT2D eigenvalue weighted by atomic mass is 16.6. The predicted molar refractivity (Wildman–Crippen MR) is 83.0 cm³/mol. The number of ether oxygens (including phenoxy) is 1. The van der Waals surface area contributed by atoms with E-state index in [-0.39, 0.29) is 12.2 Å². The number of nitrogens with zero attached hydrogens (tertiary/aromatic N) is 1. The van der Waals surface area contributed by atoms with Gasteiger partial charge in [-0.15, -0.1) is 0 Å². The molecule has 4 heteroatoms. The molecule has 0 aromatic rings. The number of unbranched alkanes of at least 4 members (excludes halogenated alkanes) is 2. The Balaban J connectivity index is 2.48. The number of rotatable bonds is 8. The normalized spacial score (nSPS) is 22.8. The van der Waals surface area contributed by atoms with E-state index >= 15 is 0 Å². The van der Waals surface area contributed by atoms with Crippen molar-refractivity contribution in [1.29, 1.82) is 0 Å². The van der Waals surface area contributed by atoms with Crippen LogP contribution < -0.4 is 5.32 Å². The Morgan fingerprint density at radius 2 is 1.85 bits per heavy atom. The van der Waals surface area contributed by atoms with Gasteiger partial charge in [0.05, 0.1) is 0 Å². The molecular weight excluding hydrogens is 252 g/mol. The van der Waals surface area contributed by atoms with Gasteiger partial charge in [0.15, 0.2) is 0 Å². The van der Waals surface area contributed by atoms with E-state index in [1.54, 1.807) is 7.05 Å². The molecule has 0 radical (unpaired) electrons. The number of carbonyl (C=O) groups is 1. The Morgan fingerprint density at radius 1 is 1.20 bits per heavy atom. The van der Waals surface area contributed by atoms with Gasteiger partial charge in [-0.3, -0.25) is 0 Å². The first kappa shape index (κ1) is 17.3. The van der Waals surface area contributed by atoms with E-state index in [4.69, 9.17) is 4.74 Å². The number of hydrogen-bond acceptors (Lipinski definition) is 3. The lowest BCUT2D eigenvalue weighted by molar-refractivity contribution is 0.0385. The van der Waals surface area contributed by atoms with Crippen molar-refractivity contribution < 1.29 is 9.53 Å². The van der Waals surface area contributed by atoms with Gasteiger partial charge in [-0.25, -0.2) is 4.79 Å².